The standard InChI is InChI=1S/C23H18N2O2S/c1-14-8-13-19-20(15(14)2)24-23(28-19)25-22(27)18-11-9-17(10-12-18)21(26)16-6-4-3-5-7-16/h3-13H,1-2H3,(H,24,25,27). The van der Waals surface area contributed by atoms with Crippen molar-refractivity contribution in [1.82, 2.24) is 4.98 Å². The van der Waals surface area contributed by atoms with Crippen molar-refractivity contribution >= 4 is 38.4 Å². The fraction of sp³-hybridized carbons (Fsp3) is 0.0870. The topological polar surface area (TPSA) is 59.1 Å². The molecular weight excluding hydrogens is 368 g/mol. The van der Waals surface area contributed by atoms with Crippen molar-refractivity contribution in [1.29, 1.82) is 0 Å². The highest BCUT2D eigenvalue weighted by Crippen LogP contribution is 2.29. The van der Waals surface area contributed by atoms with Crippen LogP contribution in [0.2, 0.25) is 0 Å². The summed E-state index contributed by atoms with van der Waals surface area (Å²) in [6.07, 6.45) is 0. The van der Waals surface area contributed by atoms with Crippen molar-refractivity contribution in [2.24, 2.45) is 0 Å². The summed E-state index contributed by atoms with van der Waals surface area (Å²) in [6, 6.07) is 19.8. The monoisotopic (exact) mass is 386 g/mol. The number of fused-ring (bicyclic) bond motifs is 1. The first-order valence-electron chi connectivity index (χ1n) is 8.91. The third-order valence-electron chi connectivity index (χ3n) is 4.75. The molecule has 4 rings (SSSR count). The Hall–Kier alpha value is -3.31. The summed E-state index contributed by atoms with van der Waals surface area (Å²) in [5.41, 5.74) is 4.88. The molecule has 1 N–H and O–H groups in total. The van der Waals surface area contributed by atoms with Crippen LogP contribution in [-0.4, -0.2) is 16.7 Å². The van der Waals surface area contributed by atoms with Gasteiger partial charge in [-0.2, -0.15) is 0 Å². The summed E-state index contributed by atoms with van der Waals surface area (Å²) < 4.78 is 1.04. The number of hydrogen-bond acceptors (Lipinski definition) is 4. The molecule has 0 bridgehead atoms. The van der Waals surface area contributed by atoms with Gasteiger partial charge in [-0.15, -0.1) is 0 Å². The number of amides is 1. The SMILES string of the molecule is Cc1ccc2sc(NC(=O)c3ccc(C(=O)c4ccccc4)cc3)nc2c1C. The van der Waals surface area contributed by atoms with E-state index < -0.39 is 0 Å². The van der Waals surface area contributed by atoms with E-state index >= 15 is 0 Å². The molecule has 0 aliphatic heterocycles. The van der Waals surface area contributed by atoms with Crippen LogP contribution in [0.4, 0.5) is 5.13 Å². The molecule has 0 unspecified atom stereocenters. The average Bonchev–Trinajstić information content (AvgIpc) is 3.14. The number of rotatable bonds is 4. The largest absolute Gasteiger partial charge is 0.298 e. The molecule has 0 spiro atoms. The molecule has 3 aromatic carbocycles. The molecule has 0 atom stereocenters. The fourth-order valence-corrected chi connectivity index (χ4v) is 3.90. The number of thiazole rings is 1. The van der Waals surface area contributed by atoms with Crippen LogP contribution >= 0.6 is 11.3 Å². The first-order chi connectivity index (χ1) is 13.5. The maximum atomic E-state index is 12.6. The van der Waals surface area contributed by atoms with Crippen molar-refractivity contribution < 1.29 is 9.59 Å². The van der Waals surface area contributed by atoms with Crippen molar-refractivity contribution in [3.05, 3.63) is 94.5 Å². The molecule has 28 heavy (non-hydrogen) atoms. The van der Waals surface area contributed by atoms with Gasteiger partial charge in [0.15, 0.2) is 10.9 Å². The van der Waals surface area contributed by atoms with E-state index in [1.54, 1.807) is 36.4 Å². The maximum absolute atomic E-state index is 12.6. The normalized spacial score (nSPS) is 10.8. The smallest absolute Gasteiger partial charge is 0.257 e. The van der Waals surface area contributed by atoms with Gasteiger partial charge in [0, 0.05) is 16.7 Å². The predicted octanol–water partition coefficient (Wildman–Crippen LogP) is 5.40. The Bertz CT molecular complexity index is 1180. The Kier molecular flexibility index (Phi) is 4.75. The number of aryl methyl sites for hydroxylation is 2. The number of nitrogens with one attached hydrogen (secondary N) is 1. The number of carbonyl (C=O) groups is 2. The van der Waals surface area contributed by atoms with E-state index in [0.29, 0.717) is 21.8 Å². The van der Waals surface area contributed by atoms with E-state index in [1.165, 1.54) is 16.9 Å². The Morgan fingerprint density at radius 3 is 2.18 bits per heavy atom. The number of anilines is 1. The van der Waals surface area contributed by atoms with Gasteiger partial charge in [0.1, 0.15) is 0 Å². The molecule has 0 saturated carbocycles. The van der Waals surface area contributed by atoms with Crippen LogP contribution in [0.15, 0.2) is 66.7 Å². The van der Waals surface area contributed by atoms with Gasteiger partial charge in [-0.05, 0) is 43.2 Å². The zero-order valence-electron chi connectivity index (χ0n) is 15.5. The lowest BCUT2D eigenvalue weighted by atomic mass is 10.0. The lowest BCUT2D eigenvalue weighted by Gasteiger charge is -2.04. The second-order valence-corrected chi connectivity index (χ2v) is 7.63. The van der Waals surface area contributed by atoms with Crippen LogP contribution in [0.3, 0.4) is 0 Å². The molecule has 1 heterocycles. The summed E-state index contributed by atoms with van der Waals surface area (Å²) in [7, 11) is 0. The lowest BCUT2D eigenvalue weighted by Crippen LogP contribution is -2.12. The first-order valence-corrected chi connectivity index (χ1v) is 9.72. The quantitative estimate of drug-likeness (QED) is 0.478. The number of benzene rings is 3. The van der Waals surface area contributed by atoms with E-state index in [2.05, 4.69) is 16.4 Å². The average molecular weight is 386 g/mol. The minimum Gasteiger partial charge on any atom is -0.298 e. The fourth-order valence-electron chi connectivity index (χ4n) is 2.98. The zero-order valence-corrected chi connectivity index (χ0v) is 16.3. The molecule has 0 fully saturated rings. The lowest BCUT2D eigenvalue weighted by molar-refractivity contribution is 0.102. The molecule has 0 aliphatic carbocycles. The molecule has 1 amide bonds. The molecule has 4 nitrogen and oxygen atoms in total. The van der Waals surface area contributed by atoms with Crippen molar-refractivity contribution in [3.63, 3.8) is 0 Å². The van der Waals surface area contributed by atoms with Crippen LogP contribution in [-0.2, 0) is 0 Å². The molecular formula is C23H18N2O2S. The van der Waals surface area contributed by atoms with Gasteiger partial charge in [0.05, 0.1) is 10.2 Å². The second kappa shape index (κ2) is 7.37. The Morgan fingerprint density at radius 2 is 1.46 bits per heavy atom. The van der Waals surface area contributed by atoms with Gasteiger partial charge in [-0.25, -0.2) is 4.98 Å². The van der Waals surface area contributed by atoms with Gasteiger partial charge < -0.3 is 0 Å². The summed E-state index contributed by atoms with van der Waals surface area (Å²) in [5, 5.41) is 3.43. The number of hydrogen-bond donors (Lipinski definition) is 1. The summed E-state index contributed by atoms with van der Waals surface area (Å²) in [4.78, 5) is 29.6. The minimum absolute atomic E-state index is 0.0652. The van der Waals surface area contributed by atoms with Gasteiger partial charge in [0.2, 0.25) is 0 Å². The van der Waals surface area contributed by atoms with Gasteiger partial charge in [-0.1, -0.05) is 59.9 Å². The van der Waals surface area contributed by atoms with Crippen molar-refractivity contribution in [2.45, 2.75) is 13.8 Å². The van der Waals surface area contributed by atoms with Crippen LogP contribution in [0.25, 0.3) is 10.2 Å². The van der Waals surface area contributed by atoms with E-state index in [-0.39, 0.29) is 11.7 Å². The summed E-state index contributed by atoms with van der Waals surface area (Å²) >= 11 is 1.45. The Labute approximate surface area is 166 Å². The number of carbonyl (C=O) groups excluding carboxylic acids is 2. The second-order valence-electron chi connectivity index (χ2n) is 6.60. The van der Waals surface area contributed by atoms with Crippen LogP contribution < -0.4 is 5.32 Å². The van der Waals surface area contributed by atoms with Crippen molar-refractivity contribution in [3.8, 4) is 0 Å². The summed E-state index contributed by atoms with van der Waals surface area (Å²) in [6.45, 7) is 4.08. The van der Waals surface area contributed by atoms with Crippen LogP contribution in [0.5, 0.6) is 0 Å². The van der Waals surface area contributed by atoms with Gasteiger partial charge in [0.25, 0.3) is 5.91 Å². The molecule has 0 radical (unpaired) electrons. The number of ketones is 1. The highest BCUT2D eigenvalue weighted by atomic mass is 32.1. The van der Waals surface area contributed by atoms with E-state index in [1.807, 2.05) is 38.1 Å². The first kappa shape index (κ1) is 18.1. The zero-order chi connectivity index (χ0) is 19.7. The van der Waals surface area contributed by atoms with Gasteiger partial charge in [-0.3, -0.25) is 14.9 Å². The molecule has 4 aromatic rings. The highest BCUT2D eigenvalue weighted by Gasteiger charge is 2.13. The molecule has 138 valence electrons. The van der Waals surface area contributed by atoms with E-state index in [9.17, 15) is 9.59 Å². The Morgan fingerprint density at radius 1 is 0.821 bits per heavy atom. The van der Waals surface area contributed by atoms with Crippen LogP contribution in [0.1, 0.15) is 37.4 Å². The third-order valence-corrected chi connectivity index (χ3v) is 5.69. The molecule has 1 aromatic heterocycles. The molecule has 5 heteroatoms. The summed E-state index contributed by atoms with van der Waals surface area (Å²) in [5.74, 6) is -0.309. The van der Waals surface area contributed by atoms with Gasteiger partial charge >= 0.3 is 0 Å². The Balaban J connectivity index is 1.53. The predicted molar refractivity (Wildman–Crippen MR) is 113 cm³/mol. The maximum Gasteiger partial charge on any atom is 0.257 e. The molecule has 0 aliphatic rings. The highest BCUT2D eigenvalue weighted by molar-refractivity contribution is 7.22. The van der Waals surface area contributed by atoms with Crippen LogP contribution in [0, 0.1) is 13.8 Å². The number of nitrogens with zero attached hydrogens (tertiary/aromatic N) is 1. The third kappa shape index (κ3) is 3.44. The minimum atomic E-state index is -0.243. The number of aromatic nitrogens is 1. The van der Waals surface area contributed by atoms with Crippen molar-refractivity contribution in [2.75, 3.05) is 5.32 Å². The van der Waals surface area contributed by atoms with E-state index in [0.717, 1.165) is 15.8 Å². The van der Waals surface area contributed by atoms with E-state index in [4.69, 9.17) is 0 Å². The molecule has 0 saturated heterocycles.